The summed E-state index contributed by atoms with van der Waals surface area (Å²) in [5.74, 6) is -0.638. The van der Waals surface area contributed by atoms with Crippen LogP contribution in [0, 0.1) is 17.1 Å². The Morgan fingerprint density at radius 3 is 2.74 bits per heavy atom. The molecule has 1 heterocycles. The fourth-order valence-corrected chi connectivity index (χ4v) is 2.29. The summed E-state index contributed by atoms with van der Waals surface area (Å²) in [6.07, 6.45) is 2.62. The van der Waals surface area contributed by atoms with E-state index >= 15 is 0 Å². The zero-order valence-electron chi connectivity index (χ0n) is 10.0. The van der Waals surface area contributed by atoms with Gasteiger partial charge < -0.3 is 0 Å². The third kappa shape index (κ3) is 2.63. The van der Waals surface area contributed by atoms with Crippen LogP contribution in [0.5, 0.6) is 0 Å². The Kier molecular flexibility index (Phi) is 3.36. The van der Waals surface area contributed by atoms with Gasteiger partial charge >= 0.3 is 0 Å². The van der Waals surface area contributed by atoms with Gasteiger partial charge in [-0.05, 0) is 30.7 Å². The van der Waals surface area contributed by atoms with Crippen molar-refractivity contribution in [1.29, 1.82) is 5.26 Å². The molecule has 5 nitrogen and oxygen atoms in total. The van der Waals surface area contributed by atoms with Crippen molar-refractivity contribution in [2.24, 2.45) is 0 Å². The van der Waals surface area contributed by atoms with Crippen LogP contribution in [-0.4, -0.2) is 23.4 Å². The Bertz CT molecular complexity index is 760. The molecule has 0 aliphatic heterocycles. The summed E-state index contributed by atoms with van der Waals surface area (Å²) in [6, 6.07) is 5.65. The second kappa shape index (κ2) is 4.82. The summed E-state index contributed by atoms with van der Waals surface area (Å²) in [6.45, 7) is 1.51. The van der Waals surface area contributed by atoms with Gasteiger partial charge in [-0.1, -0.05) is 0 Å². The first kappa shape index (κ1) is 13.2. The summed E-state index contributed by atoms with van der Waals surface area (Å²) >= 11 is 0. The van der Waals surface area contributed by atoms with E-state index < -0.39 is 15.8 Å². The third-order valence-electron chi connectivity index (χ3n) is 2.57. The Balaban J connectivity index is 2.50. The minimum absolute atomic E-state index is 0.0826. The van der Waals surface area contributed by atoms with Crippen molar-refractivity contribution in [2.45, 2.75) is 6.92 Å². The van der Waals surface area contributed by atoms with Crippen molar-refractivity contribution in [3.05, 3.63) is 42.0 Å². The summed E-state index contributed by atoms with van der Waals surface area (Å²) in [7, 11) is -3.46. The lowest BCUT2D eigenvalue weighted by Gasteiger charge is -2.00. The largest absolute Gasteiger partial charge is 0.253 e. The zero-order valence-corrected chi connectivity index (χ0v) is 10.9. The molecule has 0 aliphatic rings. The summed E-state index contributed by atoms with van der Waals surface area (Å²) in [5, 5.41) is 12.5. The molecule has 0 fully saturated rings. The second-order valence-corrected chi connectivity index (χ2v) is 5.96. The molecule has 98 valence electrons. The van der Waals surface area contributed by atoms with Crippen molar-refractivity contribution in [2.75, 3.05) is 5.75 Å². The molecule has 0 atom stereocenters. The minimum Gasteiger partial charge on any atom is -0.207 e. The van der Waals surface area contributed by atoms with Crippen LogP contribution in [0.1, 0.15) is 12.5 Å². The minimum atomic E-state index is -3.46. The van der Waals surface area contributed by atoms with Gasteiger partial charge in [-0.2, -0.15) is 14.4 Å². The standard InChI is InChI=1S/C12H10FN3O2S/c1-2-19(17,18)16-8-11(7-15-16)10-3-9(6-14)4-12(13)5-10/h3-5,7-8H,2H2,1H3. The van der Waals surface area contributed by atoms with E-state index in [0.29, 0.717) is 11.1 Å². The molecular formula is C12H10FN3O2S. The van der Waals surface area contributed by atoms with E-state index in [4.69, 9.17) is 5.26 Å². The average molecular weight is 279 g/mol. The molecule has 1 aromatic carbocycles. The van der Waals surface area contributed by atoms with Crippen molar-refractivity contribution >= 4 is 10.0 Å². The molecule has 0 radical (unpaired) electrons. The van der Waals surface area contributed by atoms with Crippen LogP contribution in [0.4, 0.5) is 4.39 Å². The molecule has 0 aliphatic carbocycles. The Morgan fingerprint density at radius 2 is 2.11 bits per heavy atom. The number of nitriles is 1. The first-order chi connectivity index (χ1) is 8.96. The first-order valence-corrected chi connectivity index (χ1v) is 7.06. The highest BCUT2D eigenvalue weighted by molar-refractivity contribution is 7.89. The SMILES string of the molecule is CCS(=O)(=O)n1cc(-c2cc(F)cc(C#N)c2)cn1. The third-order valence-corrected chi connectivity index (χ3v) is 4.07. The molecule has 2 rings (SSSR count). The highest BCUT2D eigenvalue weighted by atomic mass is 32.2. The number of hydrogen-bond acceptors (Lipinski definition) is 4. The van der Waals surface area contributed by atoms with Gasteiger partial charge in [0.25, 0.3) is 10.0 Å². The van der Waals surface area contributed by atoms with Gasteiger partial charge in [-0.15, -0.1) is 0 Å². The topological polar surface area (TPSA) is 75.8 Å². The summed E-state index contributed by atoms with van der Waals surface area (Å²) < 4.78 is 37.4. The maximum atomic E-state index is 13.3. The van der Waals surface area contributed by atoms with Crippen LogP contribution in [0.3, 0.4) is 0 Å². The molecule has 0 saturated carbocycles. The monoisotopic (exact) mass is 279 g/mol. The van der Waals surface area contributed by atoms with E-state index in [1.807, 2.05) is 6.07 Å². The zero-order chi connectivity index (χ0) is 14.0. The molecule has 0 bridgehead atoms. The molecule has 0 amide bonds. The fourth-order valence-electron chi connectivity index (χ4n) is 1.56. The van der Waals surface area contributed by atoms with Crippen LogP contribution in [0.25, 0.3) is 11.1 Å². The summed E-state index contributed by atoms with van der Waals surface area (Å²) in [4.78, 5) is 0. The molecule has 1 aromatic heterocycles. The highest BCUT2D eigenvalue weighted by Gasteiger charge is 2.13. The van der Waals surface area contributed by atoms with Crippen molar-refractivity contribution in [1.82, 2.24) is 9.19 Å². The van der Waals surface area contributed by atoms with Crippen molar-refractivity contribution in [3.8, 4) is 17.2 Å². The van der Waals surface area contributed by atoms with Crippen molar-refractivity contribution < 1.29 is 12.8 Å². The van der Waals surface area contributed by atoms with Gasteiger partial charge in [-0.3, -0.25) is 0 Å². The Hall–Kier alpha value is -2.20. The quantitative estimate of drug-likeness (QED) is 0.857. The highest BCUT2D eigenvalue weighted by Crippen LogP contribution is 2.21. The van der Waals surface area contributed by atoms with E-state index in [-0.39, 0.29) is 11.3 Å². The van der Waals surface area contributed by atoms with E-state index in [1.165, 1.54) is 31.5 Å². The molecule has 7 heteroatoms. The fraction of sp³-hybridized carbons (Fsp3) is 0.167. The van der Waals surface area contributed by atoms with Gasteiger partial charge in [-0.25, -0.2) is 12.8 Å². The number of benzene rings is 1. The van der Waals surface area contributed by atoms with E-state index in [0.717, 1.165) is 10.2 Å². The first-order valence-electron chi connectivity index (χ1n) is 5.45. The molecular weight excluding hydrogens is 269 g/mol. The van der Waals surface area contributed by atoms with Crippen LogP contribution >= 0.6 is 0 Å². The van der Waals surface area contributed by atoms with Gasteiger partial charge in [0.2, 0.25) is 0 Å². The maximum Gasteiger partial charge on any atom is 0.253 e. The van der Waals surface area contributed by atoms with E-state index in [9.17, 15) is 12.8 Å². The van der Waals surface area contributed by atoms with Gasteiger partial charge in [0, 0.05) is 5.56 Å². The normalized spacial score (nSPS) is 11.2. The Labute approximate surface area is 110 Å². The molecule has 0 spiro atoms. The molecule has 0 saturated heterocycles. The molecule has 0 N–H and O–H groups in total. The summed E-state index contributed by atoms with van der Waals surface area (Å²) in [5.41, 5.74) is 1.02. The average Bonchev–Trinajstić information content (AvgIpc) is 2.88. The number of nitrogens with zero attached hydrogens (tertiary/aromatic N) is 3. The predicted octanol–water partition coefficient (Wildman–Crippen LogP) is 1.76. The molecule has 19 heavy (non-hydrogen) atoms. The van der Waals surface area contributed by atoms with Crippen LogP contribution < -0.4 is 0 Å². The lowest BCUT2D eigenvalue weighted by atomic mass is 10.1. The Morgan fingerprint density at radius 1 is 1.37 bits per heavy atom. The van der Waals surface area contributed by atoms with Crippen LogP contribution in [0.2, 0.25) is 0 Å². The van der Waals surface area contributed by atoms with E-state index in [2.05, 4.69) is 5.10 Å². The number of hydrogen-bond donors (Lipinski definition) is 0. The number of rotatable bonds is 3. The second-order valence-electron chi connectivity index (χ2n) is 3.84. The smallest absolute Gasteiger partial charge is 0.207 e. The van der Waals surface area contributed by atoms with E-state index in [1.54, 1.807) is 0 Å². The van der Waals surface area contributed by atoms with Crippen molar-refractivity contribution in [3.63, 3.8) is 0 Å². The van der Waals surface area contributed by atoms with Gasteiger partial charge in [0.1, 0.15) is 5.82 Å². The molecule has 2 aromatic rings. The van der Waals surface area contributed by atoms with Crippen LogP contribution in [-0.2, 0) is 10.0 Å². The lowest BCUT2D eigenvalue weighted by molar-refractivity contribution is 0.581. The predicted molar refractivity (Wildman–Crippen MR) is 67.2 cm³/mol. The molecule has 0 unspecified atom stereocenters. The number of halogens is 1. The van der Waals surface area contributed by atoms with Crippen LogP contribution in [0.15, 0.2) is 30.6 Å². The lowest BCUT2D eigenvalue weighted by Crippen LogP contribution is -2.14. The van der Waals surface area contributed by atoms with Gasteiger partial charge in [0.15, 0.2) is 0 Å². The maximum absolute atomic E-state index is 13.3. The van der Waals surface area contributed by atoms with Gasteiger partial charge in [0.05, 0.1) is 29.8 Å². The number of aromatic nitrogens is 2.